The highest BCUT2D eigenvalue weighted by Crippen LogP contribution is 2.35. The second-order valence-electron chi connectivity index (χ2n) is 10.6. The highest BCUT2D eigenvalue weighted by Gasteiger charge is 2.41. The van der Waals surface area contributed by atoms with Gasteiger partial charge in [-0.1, -0.05) is 54.9 Å². The van der Waals surface area contributed by atoms with Gasteiger partial charge in [-0.15, -0.1) is 0 Å². The zero-order valence-corrected chi connectivity index (χ0v) is 23.3. The maximum Gasteiger partial charge on any atom is 0.408 e. The summed E-state index contributed by atoms with van der Waals surface area (Å²) in [5.74, 6) is -0.698. The predicted molar refractivity (Wildman–Crippen MR) is 147 cm³/mol. The van der Waals surface area contributed by atoms with Crippen LogP contribution in [0.15, 0.2) is 42.5 Å². The summed E-state index contributed by atoms with van der Waals surface area (Å²) in [7, 11) is 0. The van der Waals surface area contributed by atoms with E-state index in [4.69, 9.17) is 16.3 Å². The van der Waals surface area contributed by atoms with Gasteiger partial charge in [0.1, 0.15) is 17.7 Å². The molecule has 8 heteroatoms. The number of carbonyl (C=O) groups excluding carboxylic acids is 3. The second-order valence-corrected chi connectivity index (χ2v) is 11.0. The minimum absolute atomic E-state index is 0.121. The quantitative estimate of drug-likeness (QED) is 0.428. The SMILES string of the molecule is CCc1ccc(C(C(=O)Nc2c(C)cccc2Cl)N(C(=O)C(C)NC(=O)OC(C)(C)C)C2CCC2)cc1. The van der Waals surface area contributed by atoms with Crippen LogP contribution in [-0.2, 0) is 20.7 Å². The van der Waals surface area contributed by atoms with E-state index in [-0.39, 0.29) is 17.9 Å². The number of hydrogen-bond donors (Lipinski definition) is 2. The van der Waals surface area contributed by atoms with Gasteiger partial charge >= 0.3 is 6.09 Å². The highest BCUT2D eigenvalue weighted by atomic mass is 35.5. The lowest BCUT2D eigenvalue weighted by molar-refractivity contribution is -0.145. The third-order valence-electron chi connectivity index (χ3n) is 6.53. The highest BCUT2D eigenvalue weighted by molar-refractivity contribution is 6.34. The number of ether oxygens (including phenoxy) is 1. The molecule has 0 aliphatic heterocycles. The number of rotatable bonds is 8. The van der Waals surface area contributed by atoms with E-state index in [0.717, 1.165) is 36.8 Å². The molecule has 1 fully saturated rings. The maximum absolute atomic E-state index is 13.9. The van der Waals surface area contributed by atoms with E-state index in [0.29, 0.717) is 16.3 Å². The number of halogens is 1. The number of benzene rings is 2. The summed E-state index contributed by atoms with van der Waals surface area (Å²) in [5, 5.41) is 6.05. The van der Waals surface area contributed by atoms with E-state index in [1.807, 2.05) is 43.3 Å². The molecule has 2 aromatic carbocycles. The summed E-state index contributed by atoms with van der Waals surface area (Å²) in [5.41, 5.74) is 2.47. The van der Waals surface area contributed by atoms with Gasteiger partial charge in [0.15, 0.2) is 0 Å². The Balaban J connectivity index is 1.98. The van der Waals surface area contributed by atoms with E-state index >= 15 is 0 Å². The Hall–Kier alpha value is -3.06. The number of aryl methyl sites for hydroxylation is 2. The van der Waals surface area contributed by atoms with Gasteiger partial charge in [0.2, 0.25) is 5.91 Å². The van der Waals surface area contributed by atoms with E-state index in [1.54, 1.807) is 38.7 Å². The Kier molecular flexibility index (Phi) is 9.24. The van der Waals surface area contributed by atoms with Crippen molar-refractivity contribution in [3.05, 3.63) is 64.2 Å². The minimum atomic E-state index is -0.901. The molecule has 200 valence electrons. The molecule has 0 aromatic heterocycles. The van der Waals surface area contributed by atoms with E-state index in [9.17, 15) is 14.4 Å². The first-order chi connectivity index (χ1) is 17.4. The van der Waals surface area contributed by atoms with Crippen molar-refractivity contribution in [3.63, 3.8) is 0 Å². The first-order valence-electron chi connectivity index (χ1n) is 12.9. The van der Waals surface area contributed by atoms with E-state index < -0.39 is 23.8 Å². The van der Waals surface area contributed by atoms with E-state index in [1.165, 1.54) is 0 Å². The van der Waals surface area contributed by atoms with Crippen LogP contribution in [-0.4, -0.2) is 40.5 Å². The molecule has 0 saturated heterocycles. The lowest BCUT2D eigenvalue weighted by Gasteiger charge is -2.43. The Labute approximate surface area is 224 Å². The molecule has 2 aromatic rings. The van der Waals surface area contributed by atoms with Crippen LogP contribution in [0.2, 0.25) is 5.02 Å². The molecule has 0 spiro atoms. The number of amides is 3. The molecule has 3 amide bonds. The largest absolute Gasteiger partial charge is 0.444 e. The van der Waals surface area contributed by atoms with Gasteiger partial charge in [0, 0.05) is 6.04 Å². The Morgan fingerprint density at radius 1 is 1.11 bits per heavy atom. The van der Waals surface area contributed by atoms with Crippen LogP contribution in [0.25, 0.3) is 0 Å². The third kappa shape index (κ3) is 7.25. The minimum Gasteiger partial charge on any atom is -0.444 e. The predicted octanol–water partition coefficient (Wildman–Crippen LogP) is 6.18. The van der Waals surface area contributed by atoms with Crippen LogP contribution in [0.4, 0.5) is 10.5 Å². The van der Waals surface area contributed by atoms with Crippen molar-refractivity contribution in [2.75, 3.05) is 5.32 Å². The zero-order valence-electron chi connectivity index (χ0n) is 22.6. The molecule has 0 radical (unpaired) electrons. The molecule has 2 unspecified atom stereocenters. The zero-order chi connectivity index (χ0) is 27.3. The molecule has 1 aliphatic rings. The molecule has 3 rings (SSSR count). The maximum atomic E-state index is 13.9. The fourth-order valence-corrected chi connectivity index (χ4v) is 4.58. The average molecular weight is 528 g/mol. The molecule has 2 atom stereocenters. The lowest BCUT2D eigenvalue weighted by atomic mass is 9.88. The van der Waals surface area contributed by atoms with Crippen molar-refractivity contribution in [3.8, 4) is 0 Å². The van der Waals surface area contributed by atoms with Crippen LogP contribution in [0.5, 0.6) is 0 Å². The normalized spacial score (nSPS) is 15.2. The number of para-hydroxylation sites is 1. The third-order valence-corrected chi connectivity index (χ3v) is 6.84. The van der Waals surface area contributed by atoms with Crippen molar-refractivity contribution in [1.29, 1.82) is 0 Å². The summed E-state index contributed by atoms with van der Waals surface area (Å²) < 4.78 is 5.35. The first-order valence-corrected chi connectivity index (χ1v) is 13.3. The van der Waals surface area contributed by atoms with Gasteiger partial charge in [0.25, 0.3) is 5.91 Å². The number of anilines is 1. The smallest absolute Gasteiger partial charge is 0.408 e. The Morgan fingerprint density at radius 2 is 1.76 bits per heavy atom. The van der Waals surface area contributed by atoms with E-state index in [2.05, 4.69) is 17.6 Å². The van der Waals surface area contributed by atoms with Gasteiger partial charge in [-0.2, -0.15) is 0 Å². The molecule has 0 bridgehead atoms. The van der Waals surface area contributed by atoms with Crippen molar-refractivity contribution < 1.29 is 19.1 Å². The summed E-state index contributed by atoms with van der Waals surface area (Å²) in [6.45, 7) is 10.8. The Bertz CT molecular complexity index is 1100. The average Bonchev–Trinajstić information content (AvgIpc) is 2.78. The van der Waals surface area contributed by atoms with Gasteiger partial charge in [-0.05, 0) is 83.1 Å². The van der Waals surface area contributed by atoms with Crippen molar-refractivity contribution in [2.45, 2.75) is 91.0 Å². The van der Waals surface area contributed by atoms with Crippen LogP contribution in [0.1, 0.15) is 76.6 Å². The molecule has 1 saturated carbocycles. The fraction of sp³-hybridized carbons (Fsp3) is 0.483. The summed E-state index contributed by atoms with van der Waals surface area (Å²) >= 11 is 6.41. The van der Waals surface area contributed by atoms with Crippen molar-refractivity contribution >= 4 is 35.2 Å². The second kappa shape index (κ2) is 12.0. The number of nitrogens with zero attached hydrogens (tertiary/aromatic N) is 1. The number of carbonyl (C=O) groups is 3. The standard InChI is InChI=1S/C29H38ClN3O4/c1-7-20-14-16-21(17-15-20)25(26(34)32-24-18(2)10-8-13-23(24)30)33(22-11-9-12-22)27(35)19(3)31-28(36)37-29(4,5)6/h8,10,13-17,19,22,25H,7,9,11-12H2,1-6H3,(H,31,36)(H,32,34). The van der Waals surface area contributed by atoms with Gasteiger partial charge in [0.05, 0.1) is 10.7 Å². The number of nitrogens with one attached hydrogen (secondary N) is 2. The summed E-state index contributed by atoms with van der Waals surface area (Å²) in [4.78, 5) is 41.8. The van der Waals surface area contributed by atoms with Gasteiger partial charge < -0.3 is 20.3 Å². The number of hydrogen-bond acceptors (Lipinski definition) is 4. The Morgan fingerprint density at radius 3 is 2.27 bits per heavy atom. The number of alkyl carbamates (subject to hydrolysis) is 1. The van der Waals surface area contributed by atoms with Crippen molar-refractivity contribution in [2.24, 2.45) is 0 Å². The van der Waals surface area contributed by atoms with Crippen LogP contribution >= 0.6 is 11.6 Å². The molecule has 0 heterocycles. The molecule has 7 nitrogen and oxygen atoms in total. The topological polar surface area (TPSA) is 87.7 Å². The molecule has 2 N–H and O–H groups in total. The van der Waals surface area contributed by atoms with Gasteiger partial charge in [-0.25, -0.2) is 4.79 Å². The fourth-order valence-electron chi connectivity index (χ4n) is 4.31. The van der Waals surface area contributed by atoms with Crippen LogP contribution in [0.3, 0.4) is 0 Å². The molecular weight excluding hydrogens is 490 g/mol. The summed E-state index contributed by atoms with van der Waals surface area (Å²) in [6.07, 6.45) is 2.72. The van der Waals surface area contributed by atoms with Crippen LogP contribution in [0, 0.1) is 6.92 Å². The molecule has 37 heavy (non-hydrogen) atoms. The van der Waals surface area contributed by atoms with Crippen LogP contribution < -0.4 is 10.6 Å². The molecular formula is C29H38ClN3O4. The summed E-state index contributed by atoms with van der Waals surface area (Å²) in [6, 6.07) is 11.2. The monoisotopic (exact) mass is 527 g/mol. The lowest BCUT2D eigenvalue weighted by Crippen LogP contribution is -2.56. The van der Waals surface area contributed by atoms with Crippen molar-refractivity contribution in [1.82, 2.24) is 10.2 Å². The first kappa shape index (κ1) is 28.5. The van der Waals surface area contributed by atoms with Gasteiger partial charge in [-0.3, -0.25) is 9.59 Å². The molecule has 1 aliphatic carbocycles.